The average molecular weight is 320 g/mol. The van der Waals surface area contributed by atoms with E-state index in [-0.39, 0.29) is 5.69 Å². The number of esters is 1. The van der Waals surface area contributed by atoms with Gasteiger partial charge in [0.25, 0.3) is 0 Å². The third-order valence-corrected chi connectivity index (χ3v) is 2.56. The summed E-state index contributed by atoms with van der Waals surface area (Å²) in [5, 5.41) is -3.73. The highest BCUT2D eigenvalue weighted by Crippen LogP contribution is 2.27. The molecule has 7 heteroatoms. The second kappa shape index (κ2) is 7.36. The highest BCUT2D eigenvalue weighted by molar-refractivity contribution is 6.35. The topological polar surface area (TPSA) is 47.9 Å². The van der Waals surface area contributed by atoms with Crippen molar-refractivity contribution in [2.24, 2.45) is 4.99 Å². The molecule has 1 aromatic rings. The number of carbonyl (C=O) groups excluding carboxylic acids is 1. The van der Waals surface area contributed by atoms with Gasteiger partial charge in [-0.15, -0.1) is 0 Å². The fraction of sp³-hybridized carbons (Fsp3) is 0.429. The molecule has 0 saturated carbocycles. The smallest absolute Gasteiger partial charge is 0.361 e. The first kappa shape index (κ1) is 17.4. The molecule has 4 nitrogen and oxygen atoms in total. The Bertz CT molecular complexity index is 510. The van der Waals surface area contributed by atoms with Crippen LogP contribution in [0, 0.1) is 0 Å². The van der Waals surface area contributed by atoms with E-state index >= 15 is 0 Å². The summed E-state index contributed by atoms with van der Waals surface area (Å²) in [7, 11) is 1.48. The van der Waals surface area contributed by atoms with Crippen LogP contribution in [-0.2, 0) is 9.53 Å². The van der Waals surface area contributed by atoms with Crippen LogP contribution in [0.3, 0.4) is 0 Å². The largest absolute Gasteiger partial charge is 0.497 e. The molecule has 0 spiro atoms. The molecule has 0 aliphatic carbocycles. The number of nitrogens with zero attached hydrogens (tertiary/aromatic N) is 1. The van der Waals surface area contributed by atoms with Gasteiger partial charge in [0.2, 0.25) is 0 Å². The van der Waals surface area contributed by atoms with Crippen LogP contribution in [-0.4, -0.2) is 30.3 Å². The van der Waals surface area contributed by atoms with Crippen molar-refractivity contribution in [3.8, 4) is 5.75 Å². The monoisotopic (exact) mass is 319 g/mol. The van der Waals surface area contributed by atoms with E-state index in [4.69, 9.17) is 21.1 Å². The summed E-state index contributed by atoms with van der Waals surface area (Å²) in [5.41, 5.74) is -0.525. The minimum Gasteiger partial charge on any atom is -0.497 e. The number of carbonyl (C=O) groups is 1. The molecule has 0 heterocycles. The summed E-state index contributed by atoms with van der Waals surface area (Å²) in [5.74, 6) is -0.245. The van der Waals surface area contributed by atoms with Gasteiger partial charge in [-0.2, -0.15) is 8.78 Å². The summed E-state index contributed by atoms with van der Waals surface area (Å²) < 4.78 is 36.4. The summed E-state index contributed by atoms with van der Waals surface area (Å²) in [6.07, 6.45) is -1.08. The Balaban J connectivity index is 2.96. The van der Waals surface area contributed by atoms with Gasteiger partial charge in [0.15, 0.2) is 0 Å². The number of hydrogen-bond donors (Lipinski definition) is 0. The number of ether oxygens (including phenoxy) is 2. The van der Waals surface area contributed by atoms with E-state index in [2.05, 4.69) is 4.99 Å². The van der Waals surface area contributed by atoms with Gasteiger partial charge in [0.05, 0.1) is 25.3 Å². The molecule has 0 N–H and O–H groups in total. The second-order valence-electron chi connectivity index (χ2n) is 4.47. The standard InChI is InChI=1S/C14H16ClF2NO3/c1-9(2)21-13(19)8-12(14(15,16)17)18-10-4-6-11(20-3)7-5-10/h4-7,9H,8H2,1-3H3. The second-order valence-corrected chi connectivity index (χ2v) is 4.94. The lowest BCUT2D eigenvalue weighted by atomic mass is 10.2. The summed E-state index contributed by atoms with van der Waals surface area (Å²) >= 11 is 4.99. The van der Waals surface area contributed by atoms with Gasteiger partial charge in [-0.3, -0.25) is 4.79 Å². The van der Waals surface area contributed by atoms with Crippen LogP contribution < -0.4 is 4.74 Å². The van der Waals surface area contributed by atoms with E-state index < -0.39 is 29.6 Å². The summed E-state index contributed by atoms with van der Waals surface area (Å²) in [6, 6.07) is 6.09. The molecule has 0 aliphatic heterocycles. The first-order valence-corrected chi connectivity index (χ1v) is 6.58. The van der Waals surface area contributed by atoms with Crippen molar-refractivity contribution in [2.75, 3.05) is 7.11 Å². The predicted molar refractivity (Wildman–Crippen MR) is 76.7 cm³/mol. The fourth-order valence-electron chi connectivity index (χ4n) is 1.46. The van der Waals surface area contributed by atoms with Gasteiger partial charge in [-0.05, 0) is 49.7 Å². The maximum absolute atomic E-state index is 13.3. The number of halogens is 3. The van der Waals surface area contributed by atoms with Crippen LogP contribution in [0.25, 0.3) is 0 Å². The van der Waals surface area contributed by atoms with Crippen molar-refractivity contribution < 1.29 is 23.0 Å². The number of hydrogen-bond acceptors (Lipinski definition) is 4. The molecule has 0 saturated heterocycles. The van der Waals surface area contributed by atoms with Crippen molar-refractivity contribution in [2.45, 2.75) is 31.8 Å². The van der Waals surface area contributed by atoms with Crippen molar-refractivity contribution in [1.82, 2.24) is 0 Å². The number of methoxy groups -OCH3 is 1. The molecule has 0 radical (unpaired) electrons. The van der Waals surface area contributed by atoms with Gasteiger partial charge in [-0.1, -0.05) is 0 Å². The lowest BCUT2D eigenvalue weighted by Crippen LogP contribution is -2.26. The summed E-state index contributed by atoms with van der Waals surface area (Å²) in [4.78, 5) is 15.2. The molecule has 116 valence electrons. The molecule has 0 fully saturated rings. The SMILES string of the molecule is COc1ccc(N=C(CC(=O)OC(C)C)C(F)(F)Cl)cc1. The van der Waals surface area contributed by atoms with Gasteiger partial charge >= 0.3 is 11.4 Å². The van der Waals surface area contributed by atoms with E-state index in [1.165, 1.54) is 19.2 Å². The van der Waals surface area contributed by atoms with Crippen LogP contribution in [0.5, 0.6) is 5.75 Å². The number of alkyl halides is 3. The highest BCUT2D eigenvalue weighted by atomic mass is 35.5. The number of rotatable bonds is 6. The fourth-order valence-corrected chi connectivity index (χ4v) is 1.57. The Labute approximate surface area is 126 Å². The maximum atomic E-state index is 13.3. The Hall–Kier alpha value is -1.69. The first-order valence-electron chi connectivity index (χ1n) is 6.20. The zero-order valence-electron chi connectivity index (χ0n) is 11.9. The lowest BCUT2D eigenvalue weighted by molar-refractivity contribution is -0.146. The molecule has 21 heavy (non-hydrogen) atoms. The van der Waals surface area contributed by atoms with Crippen molar-refractivity contribution in [3.05, 3.63) is 24.3 Å². The van der Waals surface area contributed by atoms with Crippen LogP contribution in [0.1, 0.15) is 20.3 Å². The van der Waals surface area contributed by atoms with Crippen LogP contribution >= 0.6 is 11.6 Å². The molecule has 1 rings (SSSR count). The Morgan fingerprint density at radius 1 is 1.33 bits per heavy atom. The van der Waals surface area contributed by atoms with Crippen LogP contribution in [0.2, 0.25) is 0 Å². The molecule has 0 atom stereocenters. The first-order chi connectivity index (χ1) is 9.72. The van der Waals surface area contributed by atoms with E-state index in [1.807, 2.05) is 0 Å². The zero-order chi connectivity index (χ0) is 16.0. The average Bonchev–Trinajstić information content (AvgIpc) is 2.36. The highest BCUT2D eigenvalue weighted by Gasteiger charge is 2.35. The number of aliphatic imine (C=N–C) groups is 1. The van der Waals surface area contributed by atoms with Gasteiger partial charge < -0.3 is 9.47 Å². The molecule has 0 unspecified atom stereocenters. The quantitative estimate of drug-likeness (QED) is 0.453. The molecule has 0 aliphatic rings. The van der Waals surface area contributed by atoms with E-state index in [0.717, 1.165) is 0 Å². The van der Waals surface area contributed by atoms with Gasteiger partial charge in [0.1, 0.15) is 11.5 Å². The van der Waals surface area contributed by atoms with Crippen LogP contribution in [0.15, 0.2) is 29.3 Å². The van der Waals surface area contributed by atoms with E-state index in [1.54, 1.807) is 26.0 Å². The molecule has 1 aromatic carbocycles. The maximum Gasteiger partial charge on any atom is 0.361 e. The van der Waals surface area contributed by atoms with Crippen LogP contribution in [0.4, 0.5) is 14.5 Å². The molecule has 0 aromatic heterocycles. The zero-order valence-corrected chi connectivity index (χ0v) is 12.7. The molecule has 0 amide bonds. The van der Waals surface area contributed by atoms with Gasteiger partial charge in [-0.25, -0.2) is 4.99 Å². The van der Waals surface area contributed by atoms with Crippen molar-refractivity contribution in [3.63, 3.8) is 0 Å². The molecular weight excluding hydrogens is 304 g/mol. The van der Waals surface area contributed by atoms with E-state index in [9.17, 15) is 13.6 Å². The third kappa shape index (κ3) is 6.08. The van der Waals surface area contributed by atoms with Crippen molar-refractivity contribution >= 4 is 29.0 Å². The minimum absolute atomic E-state index is 0.239. The van der Waals surface area contributed by atoms with Gasteiger partial charge in [0, 0.05) is 0 Å². The molecule has 0 bridgehead atoms. The number of benzene rings is 1. The molecular formula is C14H16ClF2NO3. The normalized spacial score (nSPS) is 12.4. The third-order valence-electron chi connectivity index (χ3n) is 2.34. The van der Waals surface area contributed by atoms with E-state index in [0.29, 0.717) is 5.75 Å². The predicted octanol–water partition coefficient (Wildman–Crippen LogP) is 3.94. The lowest BCUT2D eigenvalue weighted by Gasteiger charge is -2.13. The summed E-state index contributed by atoms with van der Waals surface area (Å²) in [6.45, 7) is 3.24. The Morgan fingerprint density at radius 3 is 2.33 bits per heavy atom. The minimum atomic E-state index is -3.73. The Kier molecular flexibility index (Phi) is 6.08. The Morgan fingerprint density at radius 2 is 1.90 bits per heavy atom. The van der Waals surface area contributed by atoms with Crippen molar-refractivity contribution in [1.29, 1.82) is 0 Å².